The molecule has 1 aromatic carbocycles. The molecule has 0 unspecified atom stereocenters. The summed E-state index contributed by atoms with van der Waals surface area (Å²) in [4.78, 5) is 8.17. The Labute approximate surface area is 126 Å². The molecule has 106 valence electrons. The molecule has 1 aliphatic rings. The molecule has 0 radical (unpaired) electrons. The lowest BCUT2D eigenvalue weighted by Crippen LogP contribution is -1.91. The maximum Gasteiger partial charge on any atom is 0.116 e. The third kappa shape index (κ3) is 3.10. The Morgan fingerprint density at radius 1 is 1.00 bits per heavy atom. The minimum absolute atomic E-state index is 0.882. The van der Waals surface area contributed by atoms with Crippen LogP contribution in [-0.2, 0) is 12.8 Å². The van der Waals surface area contributed by atoms with E-state index in [1.807, 2.05) is 6.07 Å². The van der Waals surface area contributed by atoms with E-state index in [1.54, 1.807) is 12.5 Å². The molecule has 0 amide bonds. The molecule has 1 aromatic heterocycles. The van der Waals surface area contributed by atoms with Crippen molar-refractivity contribution in [1.29, 1.82) is 0 Å². The van der Waals surface area contributed by atoms with Crippen molar-refractivity contribution < 1.29 is 0 Å². The van der Waals surface area contributed by atoms with Gasteiger partial charge < -0.3 is 0 Å². The molecule has 1 aliphatic carbocycles. The summed E-state index contributed by atoms with van der Waals surface area (Å²) in [6.45, 7) is 8.36. The fourth-order valence-electron chi connectivity index (χ4n) is 2.87. The fraction of sp³-hybridized carbons (Fsp3) is 0.263. The Morgan fingerprint density at radius 2 is 1.81 bits per heavy atom. The van der Waals surface area contributed by atoms with Crippen molar-refractivity contribution in [2.24, 2.45) is 0 Å². The van der Waals surface area contributed by atoms with Gasteiger partial charge in [0.25, 0.3) is 0 Å². The predicted octanol–water partition coefficient (Wildman–Crippen LogP) is 4.47. The van der Waals surface area contributed by atoms with Crippen LogP contribution in [-0.4, -0.2) is 9.97 Å². The van der Waals surface area contributed by atoms with Gasteiger partial charge in [0.05, 0.1) is 5.69 Å². The highest BCUT2D eigenvalue weighted by Gasteiger charge is 2.12. The Hall–Kier alpha value is -2.22. The van der Waals surface area contributed by atoms with E-state index in [0.29, 0.717) is 0 Å². The van der Waals surface area contributed by atoms with Gasteiger partial charge >= 0.3 is 0 Å². The first-order chi connectivity index (χ1) is 10.2. The number of aryl methyl sites for hydroxylation is 2. The maximum absolute atomic E-state index is 4.24. The number of rotatable bonds is 5. The second-order valence-electron chi connectivity index (χ2n) is 5.64. The minimum Gasteiger partial charge on any atom is -0.245 e. The lowest BCUT2D eigenvalue weighted by atomic mass is 9.96. The number of aromatic nitrogens is 2. The molecule has 0 bridgehead atoms. The van der Waals surface area contributed by atoms with Crippen molar-refractivity contribution in [3.05, 3.63) is 72.3 Å². The molecule has 0 spiro atoms. The molecule has 0 saturated heterocycles. The molecule has 0 N–H and O–H groups in total. The first kappa shape index (κ1) is 13.7. The molecular formula is C19H20N2. The predicted molar refractivity (Wildman–Crippen MR) is 87.8 cm³/mol. The monoisotopic (exact) mass is 276 g/mol. The third-order valence-electron chi connectivity index (χ3n) is 4.18. The maximum atomic E-state index is 4.24. The van der Waals surface area contributed by atoms with E-state index in [0.717, 1.165) is 24.1 Å². The molecule has 21 heavy (non-hydrogen) atoms. The highest BCUT2D eigenvalue weighted by atomic mass is 14.8. The largest absolute Gasteiger partial charge is 0.245 e. The zero-order valence-corrected chi connectivity index (χ0v) is 12.3. The van der Waals surface area contributed by atoms with Gasteiger partial charge in [-0.25, -0.2) is 9.97 Å². The number of nitrogens with zero attached hydrogens (tertiary/aromatic N) is 2. The van der Waals surface area contributed by atoms with Gasteiger partial charge in [0.15, 0.2) is 0 Å². The zero-order chi connectivity index (χ0) is 14.7. The number of fused-ring (bicyclic) bond motifs is 1. The number of allylic oxidation sites excluding steroid dienone is 2. The number of benzene rings is 1. The van der Waals surface area contributed by atoms with Crippen LogP contribution in [0.3, 0.4) is 0 Å². The smallest absolute Gasteiger partial charge is 0.116 e. The second-order valence-corrected chi connectivity index (χ2v) is 5.64. The quantitative estimate of drug-likeness (QED) is 0.805. The molecule has 0 atom stereocenters. The van der Waals surface area contributed by atoms with Gasteiger partial charge in [-0.15, -0.1) is 0 Å². The molecule has 2 heteroatoms. The van der Waals surface area contributed by atoms with E-state index < -0.39 is 0 Å². The van der Waals surface area contributed by atoms with Crippen LogP contribution in [0.4, 0.5) is 0 Å². The van der Waals surface area contributed by atoms with Crippen LogP contribution in [0.15, 0.2) is 49.9 Å². The highest BCUT2D eigenvalue weighted by Crippen LogP contribution is 2.28. The lowest BCUT2D eigenvalue weighted by molar-refractivity contribution is 0.911. The van der Waals surface area contributed by atoms with Crippen molar-refractivity contribution in [2.75, 3.05) is 0 Å². The van der Waals surface area contributed by atoms with Gasteiger partial charge in [0, 0.05) is 6.20 Å². The van der Waals surface area contributed by atoms with Crippen LogP contribution in [0.2, 0.25) is 0 Å². The summed E-state index contributed by atoms with van der Waals surface area (Å²) in [6, 6.07) is 8.70. The fourth-order valence-corrected chi connectivity index (χ4v) is 2.87. The van der Waals surface area contributed by atoms with Gasteiger partial charge in [-0.05, 0) is 66.0 Å². The highest BCUT2D eigenvalue weighted by molar-refractivity contribution is 5.68. The van der Waals surface area contributed by atoms with Gasteiger partial charge in [0.1, 0.15) is 6.33 Å². The summed E-state index contributed by atoms with van der Waals surface area (Å²) in [5, 5.41) is 0. The van der Waals surface area contributed by atoms with Crippen molar-refractivity contribution in [1.82, 2.24) is 9.97 Å². The normalized spacial score (nSPS) is 13.0. The Morgan fingerprint density at radius 3 is 2.62 bits per heavy atom. The first-order valence-electron chi connectivity index (χ1n) is 7.48. The van der Waals surface area contributed by atoms with Gasteiger partial charge in [-0.1, -0.05) is 31.4 Å². The number of hydrogen-bond donors (Lipinski definition) is 0. The Bertz CT molecular complexity index is 671. The topological polar surface area (TPSA) is 25.8 Å². The van der Waals surface area contributed by atoms with E-state index in [4.69, 9.17) is 0 Å². The van der Waals surface area contributed by atoms with Crippen molar-refractivity contribution in [3.63, 3.8) is 0 Å². The van der Waals surface area contributed by atoms with Crippen LogP contribution in [0.1, 0.15) is 41.6 Å². The van der Waals surface area contributed by atoms with Crippen molar-refractivity contribution in [2.45, 2.75) is 32.1 Å². The minimum atomic E-state index is 0.882. The summed E-state index contributed by atoms with van der Waals surface area (Å²) >= 11 is 0. The van der Waals surface area contributed by atoms with E-state index in [9.17, 15) is 0 Å². The summed E-state index contributed by atoms with van der Waals surface area (Å²) in [5.41, 5.74) is 7.43. The van der Waals surface area contributed by atoms with Gasteiger partial charge in [0.2, 0.25) is 0 Å². The van der Waals surface area contributed by atoms with Gasteiger partial charge in [-0.3, -0.25) is 0 Å². The molecule has 0 saturated carbocycles. The van der Waals surface area contributed by atoms with Crippen molar-refractivity contribution in [3.8, 4) is 0 Å². The average Bonchev–Trinajstić information content (AvgIpc) is 3.00. The van der Waals surface area contributed by atoms with Crippen molar-refractivity contribution >= 4 is 11.1 Å². The molecule has 0 aliphatic heterocycles. The summed E-state index contributed by atoms with van der Waals surface area (Å²) in [5.74, 6) is 0. The second kappa shape index (κ2) is 6.04. The summed E-state index contributed by atoms with van der Waals surface area (Å²) in [6.07, 6.45) is 8.85. The van der Waals surface area contributed by atoms with Crippen LogP contribution < -0.4 is 0 Å². The average molecular weight is 276 g/mol. The molecular weight excluding hydrogens is 256 g/mol. The third-order valence-corrected chi connectivity index (χ3v) is 4.18. The molecule has 2 aromatic rings. The van der Waals surface area contributed by atoms with E-state index >= 15 is 0 Å². The van der Waals surface area contributed by atoms with Crippen LogP contribution in [0.5, 0.6) is 0 Å². The van der Waals surface area contributed by atoms with E-state index in [-0.39, 0.29) is 0 Å². The number of hydrogen-bond acceptors (Lipinski definition) is 2. The van der Waals surface area contributed by atoms with E-state index in [1.165, 1.54) is 41.5 Å². The molecule has 3 rings (SSSR count). The Balaban J connectivity index is 1.63. The summed E-state index contributed by atoms with van der Waals surface area (Å²) in [7, 11) is 0. The van der Waals surface area contributed by atoms with Crippen LogP contribution >= 0.6 is 0 Å². The van der Waals surface area contributed by atoms with E-state index in [2.05, 4.69) is 41.3 Å². The molecule has 1 heterocycles. The molecule has 2 nitrogen and oxygen atoms in total. The standard InChI is InChI=1S/C19H20N2/c1-14(6-7-15(2)19-10-11-20-13-21-19)17-9-8-16-4-3-5-18(16)12-17/h8-13H,1-7H2. The van der Waals surface area contributed by atoms with Gasteiger partial charge in [-0.2, -0.15) is 0 Å². The molecule has 0 fully saturated rings. The zero-order valence-electron chi connectivity index (χ0n) is 12.3. The summed E-state index contributed by atoms with van der Waals surface area (Å²) < 4.78 is 0. The lowest BCUT2D eigenvalue weighted by Gasteiger charge is -2.10. The Kier molecular flexibility index (Phi) is 3.96. The van der Waals surface area contributed by atoms with Crippen LogP contribution in [0, 0.1) is 0 Å². The SMILES string of the molecule is C=C(CCC(=C)c1ccncn1)c1ccc2c(c1)CCC2. The van der Waals surface area contributed by atoms with Crippen LogP contribution in [0.25, 0.3) is 11.1 Å². The first-order valence-corrected chi connectivity index (χ1v) is 7.48.